The summed E-state index contributed by atoms with van der Waals surface area (Å²) in [5, 5.41) is 0. The van der Waals surface area contributed by atoms with Gasteiger partial charge in [-0.2, -0.15) is 0 Å². The number of nitrogens with zero attached hydrogens (tertiary/aromatic N) is 1. The van der Waals surface area contributed by atoms with Gasteiger partial charge >= 0.3 is 0 Å². The van der Waals surface area contributed by atoms with Crippen molar-refractivity contribution in [2.24, 2.45) is 0 Å². The van der Waals surface area contributed by atoms with Crippen molar-refractivity contribution in [1.82, 2.24) is 4.98 Å². The zero-order valence-electron chi connectivity index (χ0n) is 13.5. The summed E-state index contributed by atoms with van der Waals surface area (Å²) >= 11 is 0. The number of aldehydes is 1. The quantitative estimate of drug-likeness (QED) is 0.751. The van der Waals surface area contributed by atoms with E-state index in [2.05, 4.69) is 4.98 Å². The average Bonchev–Trinajstić information content (AvgIpc) is 2.81. The smallest absolute Gasteiger partial charge is 0.191 e. The van der Waals surface area contributed by atoms with Crippen LogP contribution in [0.5, 0.6) is 5.75 Å². The third kappa shape index (κ3) is 3.64. The summed E-state index contributed by atoms with van der Waals surface area (Å²) in [6.45, 7) is 8.04. The Morgan fingerprint density at radius 2 is 2.09 bits per heavy atom. The number of aryl methyl sites for hydroxylation is 3. The number of ether oxygens (including phenoxy) is 1. The number of hydrogen-bond donors (Lipinski definition) is 0. The monoisotopic (exact) mass is 299 g/mol. The molecule has 0 bridgehead atoms. The molecule has 0 aliphatic heterocycles. The molecule has 1 heterocycles. The summed E-state index contributed by atoms with van der Waals surface area (Å²) in [5.41, 5.74) is 4.01. The molecule has 0 saturated carbocycles. The summed E-state index contributed by atoms with van der Waals surface area (Å²) in [6, 6.07) is 5.88. The molecule has 0 atom stereocenters. The summed E-state index contributed by atoms with van der Waals surface area (Å²) in [4.78, 5) is 15.0. The molecule has 4 heteroatoms. The van der Waals surface area contributed by atoms with E-state index in [1.165, 1.54) is 0 Å². The minimum absolute atomic E-state index is 0.382. The van der Waals surface area contributed by atoms with Crippen molar-refractivity contribution < 1.29 is 13.9 Å². The van der Waals surface area contributed by atoms with Gasteiger partial charge in [0.25, 0.3) is 0 Å². The molecule has 0 saturated heterocycles. The number of benzene rings is 1. The molecule has 0 unspecified atom stereocenters. The van der Waals surface area contributed by atoms with Crippen molar-refractivity contribution in [2.45, 2.75) is 40.7 Å². The lowest BCUT2D eigenvalue weighted by molar-refractivity contribution is -0.107. The average molecular weight is 299 g/mol. The maximum atomic E-state index is 10.7. The number of allylic oxidation sites excluding steroid dienone is 2. The number of hydrogen-bond acceptors (Lipinski definition) is 4. The van der Waals surface area contributed by atoms with Crippen molar-refractivity contribution in [2.75, 3.05) is 0 Å². The topological polar surface area (TPSA) is 52.3 Å². The predicted octanol–water partition coefficient (Wildman–Crippen LogP) is 4.17. The zero-order valence-corrected chi connectivity index (χ0v) is 13.5. The molecule has 1 aromatic heterocycles. The van der Waals surface area contributed by atoms with Gasteiger partial charge < -0.3 is 13.9 Å². The van der Waals surface area contributed by atoms with Crippen LogP contribution in [0.25, 0.3) is 5.57 Å². The van der Waals surface area contributed by atoms with Crippen LogP contribution in [0.1, 0.15) is 41.8 Å². The highest BCUT2D eigenvalue weighted by molar-refractivity contribution is 5.78. The van der Waals surface area contributed by atoms with Crippen LogP contribution in [0.15, 0.2) is 28.7 Å². The van der Waals surface area contributed by atoms with Gasteiger partial charge in [0.15, 0.2) is 5.89 Å². The van der Waals surface area contributed by atoms with E-state index < -0.39 is 0 Å². The molecule has 0 aliphatic rings. The second kappa shape index (κ2) is 7.07. The minimum atomic E-state index is 0.382. The Labute approximate surface area is 130 Å². The molecule has 0 amide bonds. The van der Waals surface area contributed by atoms with Gasteiger partial charge in [-0.25, -0.2) is 4.98 Å². The molecule has 1 aromatic carbocycles. The molecule has 0 N–H and O–H groups in total. The standard InChI is InChI=1S/C18H21NO3/c1-5-15(8-9-20)17-7-6-16(10-12(17)2)21-11-18-13(3)22-14(4)19-18/h5-7,9-10H,8,11H2,1-4H3/b15-5-. The van der Waals surface area contributed by atoms with Gasteiger partial charge in [0.1, 0.15) is 30.1 Å². The van der Waals surface area contributed by atoms with E-state index in [1.807, 2.05) is 52.0 Å². The fraction of sp³-hybridized carbons (Fsp3) is 0.333. The Morgan fingerprint density at radius 1 is 1.32 bits per heavy atom. The maximum Gasteiger partial charge on any atom is 0.191 e. The van der Waals surface area contributed by atoms with Gasteiger partial charge in [-0.1, -0.05) is 12.1 Å². The molecule has 2 rings (SSSR count). The summed E-state index contributed by atoms with van der Waals surface area (Å²) in [7, 11) is 0. The van der Waals surface area contributed by atoms with Crippen molar-refractivity contribution in [3.05, 3.63) is 52.7 Å². The van der Waals surface area contributed by atoms with Crippen molar-refractivity contribution >= 4 is 11.9 Å². The molecule has 22 heavy (non-hydrogen) atoms. The van der Waals surface area contributed by atoms with E-state index in [0.29, 0.717) is 18.9 Å². The van der Waals surface area contributed by atoms with Crippen LogP contribution >= 0.6 is 0 Å². The third-order valence-corrected chi connectivity index (χ3v) is 3.57. The van der Waals surface area contributed by atoms with Crippen molar-refractivity contribution in [1.29, 1.82) is 0 Å². The fourth-order valence-corrected chi connectivity index (χ4v) is 2.42. The Kier molecular flexibility index (Phi) is 5.15. The van der Waals surface area contributed by atoms with E-state index in [0.717, 1.165) is 40.2 Å². The lowest BCUT2D eigenvalue weighted by Gasteiger charge is -2.11. The summed E-state index contributed by atoms with van der Waals surface area (Å²) in [5.74, 6) is 2.21. The molecule has 4 nitrogen and oxygen atoms in total. The van der Waals surface area contributed by atoms with Crippen LogP contribution in [-0.4, -0.2) is 11.3 Å². The zero-order chi connectivity index (χ0) is 16.1. The van der Waals surface area contributed by atoms with Gasteiger partial charge in [0.05, 0.1) is 0 Å². The number of aromatic nitrogens is 1. The highest BCUT2D eigenvalue weighted by atomic mass is 16.5. The highest BCUT2D eigenvalue weighted by Gasteiger charge is 2.09. The molecule has 0 radical (unpaired) electrons. The van der Waals surface area contributed by atoms with Gasteiger partial charge in [-0.3, -0.25) is 0 Å². The first-order valence-electron chi connectivity index (χ1n) is 7.30. The van der Waals surface area contributed by atoms with Gasteiger partial charge in [0.2, 0.25) is 0 Å². The third-order valence-electron chi connectivity index (χ3n) is 3.57. The second-order valence-corrected chi connectivity index (χ2v) is 5.19. The molecule has 0 spiro atoms. The molecule has 0 fully saturated rings. The molecule has 0 aliphatic carbocycles. The van der Waals surface area contributed by atoms with Crippen molar-refractivity contribution in [3.8, 4) is 5.75 Å². The van der Waals surface area contributed by atoms with Crippen LogP contribution in [0.2, 0.25) is 0 Å². The molecule has 2 aromatic rings. The van der Waals surface area contributed by atoms with Crippen LogP contribution in [0.3, 0.4) is 0 Å². The number of rotatable bonds is 6. The number of carbonyl (C=O) groups excluding carboxylic acids is 1. The maximum absolute atomic E-state index is 10.7. The number of oxazole rings is 1. The van der Waals surface area contributed by atoms with Gasteiger partial charge in [-0.15, -0.1) is 0 Å². The van der Waals surface area contributed by atoms with Crippen LogP contribution in [0, 0.1) is 20.8 Å². The number of carbonyl (C=O) groups is 1. The first-order chi connectivity index (χ1) is 10.5. The van der Waals surface area contributed by atoms with Gasteiger partial charge in [0, 0.05) is 13.3 Å². The fourth-order valence-electron chi connectivity index (χ4n) is 2.42. The Hall–Kier alpha value is -2.36. The van der Waals surface area contributed by atoms with Crippen LogP contribution in [-0.2, 0) is 11.4 Å². The van der Waals surface area contributed by atoms with E-state index >= 15 is 0 Å². The Balaban J connectivity index is 2.12. The van der Waals surface area contributed by atoms with E-state index in [4.69, 9.17) is 9.15 Å². The minimum Gasteiger partial charge on any atom is -0.487 e. The Bertz CT molecular complexity index is 698. The van der Waals surface area contributed by atoms with E-state index in [9.17, 15) is 4.79 Å². The predicted molar refractivity (Wildman–Crippen MR) is 85.8 cm³/mol. The first kappa shape index (κ1) is 16.0. The lowest BCUT2D eigenvalue weighted by Crippen LogP contribution is -1.99. The molecule has 116 valence electrons. The van der Waals surface area contributed by atoms with Crippen LogP contribution in [0.4, 0.5) is 0 Å². The first-order valence-corrected chi connectivity index (χ1v) is 7.30. The SMILES string of the molecule is C/C=C(/CC=O)c1ccc(OCc2nc(C)oc2C)cc1C. The molecular formula is C18H21NO3. The largest absolute Gasteiger partial charge is 0.487 e. The van der Waals surface area contributed by atoms with Gasteiger partial charge in [-0.05, 0) is 49.6 Å². The second-order valence-electron chi connectivity index (χ2n) is 5.19. The highest BCUT2D eigenvalue weighted by Crippen LogP contribution is 2.25. The van der Waals surface area contributed by atoms with Crippen molar-refractivity contribution in [3.63, 3.8) is 0 Å². The van der Waals surface area contributed by atoms with Crippen LogP contribution < -0.4 is 4.74 Å². The Morgan fingerprint density at radius 3 is 2.64 bits per heavy atom. The summed E-state index contributed by atoms with van der Waals surface area (Å²) in [6.07, 6.45) is 3.32. The van der Waals surface area contributed by atoms with E-state index in [1.54, 1.807) is 0 Å². The van der Waals surface area contributed by atoms with E-state index in [-0.39, 0.29) is 0 Å². The lowest BCUT2D eigenvalue weighted by atomic mass is 9.98. The summed E-state index contributed by atoms with van der Waals surface area (Å²) < 4.78 is 11.2. The molecular weight excluding hydrogens is 278 g/mol. The normalized spacial score (nSPS) is 11.5.